The highest BCUT2D eigenvalue weighted by atomic mass is 35.5. The second kappa shape index (κ2) is 6.79. The zero-order valence-corrected chi connectivity index (χ0v) is 13.2. The number of aliphatic hydroxyl groups is 1. The first-order valence-corrected chi connectivity index (χ1v) is 8.04. The summed E-state index contributed by atoms with van der Waals surface area (Å²) in [6.07, 6.45) is 0. The average Bonchev–Trinajstić information content (AvgIpc) is 2.50. The molecule has 0 amide bonds. The zero-order chi connectivity index (χ0) is 15.5. The Hall–Kier alpha value is -1.40. The third-order valence-electron chi connectivity index (χ3n) is 4.36. The van der Waals surface area contributed by atoms with Gasteiger partial charge in [0, 0.05) is 22.0 Å². The first-order valence-electron chi connectivity index (χ1n) is 7.66. The molecule has 2 heterocycles. The van der Waals surface area contributed by atoms with Gasteiger partial charge in [0.2, 0.25) is 0 Å². The summed E-state index contributed by atoms with van der Waals surface area (Å²) in [4.78, 5) is 14.6. The van der Waals surface area contributed by atoms with E-state index in [1.54, 1.807) is 18.2 Å². The molecule has 0 atom stereocenters. The molecule has 0 saturated carbocycles. The minimum absolute atomic E-state index is 0.244. The molecule has 2 aromatic rings. The van der Waals surface area contributed by atoms with Gasteiger partial charge >= 0.3 is 5.63 Å². The van der Waals surface area contributed by atoms with Crippen LogP contribution in [0.2, 0.25) is 5.02 Å². The lowest BCUT2D eigenvalue weighted by atomic mass is 10.1. The van der Waals surface area contributed by atoms with Crippen LogP contribution in [0.5, 0.6) is 0 Å². The van der Waals surface area contributed by atoms with Crippen LogP contribution in [-0.2, 0) is 6.54 Å². The molecular formula is C16H21ClN2O3+2. The monoisotopic (exact) mass is 324 g/mol. The van der Waals surface area contributed by atoms with Gasteiger partial charge in [-0.2, -0.15) is 0 Å². The molecule has 22 heavy (non-hydrogen) atoms. The molecule has 1 aromatic heterocycles. The summed E-state index contributed by atoms with van der Waals surface area (Å²) >= 11 is 6.07. The normalized spacial score (nSPS) is 22.1. The highest BCUT2D eigenvalue weighted by Gasteiger charge is 2.23. The predicted molar refractivity (Wildman–Crippen MR) is 84.5 cm³/mol. The van der Waals surface area contributed by atoms with Crippen molar-refractivity contribution in [1.82, 2.24) is 0 Å². The van der Waals surface area contributed by atoms with Gasteiger partial charge in [-0.25, -0.2) is 4.79 Å². The molecular weight excluding hydrogens is 304 g/mol. The molecule has 3 N–H and O–H groups in total. The van der Waals surface area contributed by atoms with Gasteiger partial charge in [-0.15, -0.1) is 0 Å². The number of piperazine rings is 1. The van der Waals surface area contributed by atoms with E-state index in [4.69, 9.17) is 21.1 Å². The third-order valence-corrected chi connectivity index (χ3v) is 4.60. The van der Waals surface area contributed by atoms with Crippen molar-refractivity contribution in [3.63, 3.8) is 0 Å². The van der Waals surface area contributed by atoms with Gasteiger partial charge in [0.1, 0.15) is 44.9 Å². The maximum absolute atomic E-state index is 11.7. The summed E-state index contributed by atoms with van der Waals surface area (Å²) in [5.41, 5.74) is 1.28. The van der Waals surface area contributed by atoms with Crippen molar-refractivity contribution in [2.45, 2.75) is 6.54 Å². The Morgan fingerprint density at radius 1 is 1.14 bits per heavy atom. The van der Waals surface area contributed by atoms with E-state index < -0.39 is 0 Å². The standard InChI is InChI=1S/C16H19ClN2O3/c17-13-1-2-15-14(10-13)12(9-16(21)22-15)11-19-5-3-18(4-6-19)7-8-20/h1-2,9-10,20H,3-8,11H2/p+2. The Morgan fingerprint density at radius 3 is 2.59 bits per heavy atom. The molecule has 118 valence electrons. The number of hydrogen-bond donors (Lipinski definition) is 3. The Kier molecular flexibility index (Phi) is 4.78. The average molecular weight is 325 g/mol. The van der Waals surface area contributed by atoms with Crippen LogP contribution in [0.3, 0.4) is 0 Å². The summed E-state index contributed by atoms with van der Waals surface area (Å²) in [5.74, 6) is 0. The van der Waals surface area contributed by atoms with E-state index in [9.17, 15) is 4.79 Å². The van der Waals surface area contributed by atoms with E-state index in [0.717, 1.165) is 50.2 Å². The third kappa shape index (κ3) is 3.50. The van der Waals surface area contributed by atoms with E-state index in [1.807, 2.05) is 6.07 Å². The quantitative estimate of drug-likeness (QED) is 0.614. The summed E-state index contributed by atoms with van der Waals surface area (Å²) < 4.78 is 5.24. The fraction of sp³-hybridized carbons (Fsp3) is 0.438. The van der Waals surface area contributed by atoms with Gasteiger partial charge in [0.05, 0.1) is 6.61 Å². The molecule has 0 radical (unpaired) electrons. The number of rotatable bonds is 4. The smallest absolute Gasteiger partial charge is 0.336 e. The second-order valence-electron chi connectivity index (χ2n) is 5.88. The number of quaternary nitrogens is 2. The van der Waals surface area contributed by atoms with E-state index >= 15 is 0 Å². The maximum Gasteiger partial charge on any atom is 0.336 e. The minimum atomic E-state index is -0.311. The van der Waals surface area contributed by atoms with Crippen molar-refractivity contribution in [3.8, 4) is 0 Å². The topological polar surface area (TPSA) is 59.3 Å². The minimum Gasteiger partial charge on any atom is -0.423 e. The van der Waals surface area contributed by atoms with Crippen molar-refractivity contribution in [3.05, 3.63) is 45.3 Å². The highest BCUT2D eigenvalue weighted by Crippen LogP contribution is 2.21. The number of halogens is 1. The van der Waals surface area contributed by atoms with Gasteiger partial charge in [-0.05, 0) is 18.2 Å². The SMILES string of the molecule is O=c1cc(C[NH+]2CC[NH+](CCO)CC2)c2cc(Cl)ccc2o1. The number of aliphatic hydroxyl groups excluding tert-OH is 1. The van der Waals surface area contributed by atoms with Gasteiger partial charge in [-0.1, -0.05) is 11.6 Å². The fourth-order valence-corrected chi connectivity index (χ4v) is 3.33. The van der Waals surface area contributed by atoms with Crippen molar-refractivity contribution in [1.29, 1.82) is 0 Å². The molecule has 0 spiro atoms. The van der Waals surface area contributed by atoms with E-state index in [2.05, 4.69) is 0 Å². The first-order chi connectivity index (χ1) is 10.7. The summed E-state index contributed by atoms with van der Waals surface area (Å²) in [7, 11) is 0. The van der Waals surface area contributed by atoms with E-state index in [1.165, 1.54) is 9.80 Å². The number of hydrogen-bond acceptors (Lipinski definition) is 3. The molecule has 6 heteroatoms. The van der Waals surface area contributed by atoms with Crippen LogP contribution in [0.1, 0.15) is 5.56 Å². The van der Waals surface area contributed by atoms with Gasteiger partial charge in [0.25, 0.3) is 0 Å². The lowest BCUT2D eigenvalue weighted by molar-refractivity contribution is -1.02. The first kappa shape index (κ1) is 15.5. The lowest BCUT2D eigenvalue weighted by Crippen LogP contribution is -3.27. The summed E-state index contributed by atoms with van der Waals surface area (Å²) in [6.45, 7) is 6.05. The van der Waals surface area contributed by atoms with Crippen LogP contribution in [0.15, 0.2) is 33.5 Å². The van der Waals surface area contributed by atoms with Crippen molar-refractivity contribution >= 4 is 22.6 Å². The Labute approximate surface area is 133 Å². The Bertz CT molecular complexity index is 708. The van der Waals surface area contributed by atoms with Crippen LogP contribution in [0.25, 0.3) is 11.0 Å². The van der Waals surface area contributed by atoms with Crippen LogP contribution < -0.4 is 15.4 Å². The molecule has 0 bridgehead atoms. The maximum atomic E-state index is 11.7. The second-order valence-corrected chi connectivity index (χ2v) is 6.32. The molecule has 3 rings (SSSR count). The zero-order valence-electron chi connectivity index (χ0n) is 12.4. The van der Waals surface area contributed by atoms with Gasteiger partial charge in [0.15, 0.2) is 0 Å². The van der Waals surface area contributed by atoms with Crippen LogP contribution in [-0.4, -0.2) is 44.4 Å². The molecule has 1 fully saturated rings. The molecule has 1 aromatic carbocycles. The van der Waals surface area contributed by atoms with Crippen LogP contribution >= 0.6 is 11.6 Å². The highest BCUT2D eigenvalue weighted by molar-refractivity contribution is 6.31. The van der Waals surface area contributed by atoms with Crippen molar-refractivity contribution in [2.24, 2.45) is 0 Å². The molecule has 1 aliphatic heterocycles. The molecule has 0 unspecified atom stereocenters. The number of fused-ring (bicyclic) bond motifs is 1. The van der Waals surface area contributed by atoms with Crippen LogP contribution in [0.4, 0.5) is 0 Å². The Morgan fingerprint density at radius 2 is 1.86 bits per heavy atom. The fourth-order valence-electron chi connectivity index (χ4n) is 3.16. The molecule has 1 saturated heterocycles. The molecule has 1 aliphatic rings. The van der Waals surface area contributed by atoms with Crippen LogP contribution in [0, 0.1) is 0 Å². The van der Waals surface area contributed by atoms with Gasteiger partial charge in [-0.3, -0.25) is 0 Å². The summed E-state index contributed by atoms with van der Waals surface area (Å²) in [6, 6.07) is 6.93. The predicted octanol–water partition coefficient (Wildman–Crippen LogP) is -1.28. The Balaban J connectivity index is 1.79. The molecule has 5 nitrogen and oxygen atoms in total. The summed E-state index contributed by atoms with van der Waals surface area (Å²) in [5, 5.41) is 10.6. The molecule has 0 aliphatic carbocycles. The largest absolute Gasteiger partial charge is 0.423 e. The lowest BCUT2D eigenvalue weighted by Gasteiger charge is -2.29. The van der Waals surface area contributed by atoms with Gasteiger partial charge < -0.3 is 19.3 Å². The number of benzene rings is 1. The van der Waals surface area contributed by atoms with Crippen molar-refractivity contribution in [2.75, 3.05) is 39.3 Å². The van der Waals surface area contributed by atoms with E-state index in [-0.39, 0.29) is 12.2 Å². The van der Waals surface area contributed by atoms with E-state index in [0.29, 0.717) is 10.6 Å². The number of nitrogens with one attached hydrogen (secondary N) is 2. The van der Waals surface area contributed by atoms with Crippen molar-refractivity contribution < 1.29 is 19.3 Å².